The van der Waals surface area contributed by atoms with Gasteiger partial charge in [-0.3, -0.25) is 4.79 Å². The first-order chi connectivity index (χ1) is 8.65. The molecule has 1 aliphatic rings. The normalized spacial score (nSPS) is 15.5. The van der Waals surface area contributed by atoms with Crippen molar-refractivity contribution in [3.05, 3.63) is 11.8 Å². The molecule has 0 aliphatic carbocycles. The number of carbonyl (C=O) groups is 1. The quantitative estimate of drug-likeness (QED) is 0.827. The van der Waals surface area contributed by atoms with Crippen LogP contribution in [0.4, 0.5) is 11.8 Å². The predicted molar refractivity (Wildman–Crippen MR) is 70.1 cm³/mol. The average molecular weight is 249 g/mol. The van der Waals surface area contributed by atoms with Crippen LogP contribution in [-0.2, 0) is 4.79 Å². The molecule has 1 saturated heterocycles. The summed E-state index contributed by atoms with van der Waals surface area (Å²) in [6, 6.07) is 1.78. The number of nitrogens with two attached hydrogens (primary N) is 1. The number of piperidine rings is 1. The van der Waals surface area contributed by atoms with Crippen LogP contribution in [0, 0.1) is 6.92 Å². The van der Waals surface area contributed by atoms with Gasteiger partial charge in [-0.2, -0.15) is 4.98 Å². The highest BCUT2D eigenvalue weighted by Gasteiger charge is 2.16. The third kappa shape index (κ3) is 3.32. The number of likely N-dealkylation sites (tertiary alicyclic amines) is 1. The van der Waals surface area contributed by atoms with Gasteiger partial charge < -0.3 is 16.0 Å². The van der Waals surface area contributed by atoms with Crippen molar-refractivity contribution < 1.29 is 4.79 Å². The zero-order valence-electron chi connectivity index (χ0n) is 10.6. The van der Waals surface area contributed by atoms with E-state index in [2.05, 4.69) is 15.3 Å². The first-order valence-electron chi connectivity index (χ1n) is 6.28. The molecule has 0 aromatic carbocycles. The smallest absolute Gasteiger partial charge is 0.241 e. The van der Waals surface area contributed by atoms with Gasteiger partial charge in [0.15, 0.2) is 0 Å². The second-order valence-electron chi connectivity index (χ2n) is 4.55. The summed E-state index contributed by atoms with van der Waals surface area (Å²) in [5, 5.41) is 3.00. The first-order valence-corrected chi connectivity index (χ1v) is 6.28. The molecule has 1 fully saturated rings. The Hall–Kier alpha value is -1.85. The van der Waals surface area contributed by atoms with Gasteiger partial charge in [0.05, 0.1) is 6.54 Å². The summed E-state index contributed by atoms with van der Waals surface area (Å²) in [5.41, 5.74) is 6.34. The van der Waals surface area contributed by atoms with Crippen LogP contribution in [0.5, 0.6) is 0 Å². The average Bonchev–Trinajstić information content (AvgIpc) is 2.36. The van der Waals surface area contributed by atoms with Crippen molar-refractivity contribution in [1.82, 2.24) is 14.9 Å². The number of nitrogens with zero attached hydrogens (tertiary/aromatic N) is 3. The number of hydrogen-bond acceptors (Lipinski definition) is 5. The van der Waals surface area contributed by atoms with E-state index in [-0.39, 0.29) is 18.4 Å². The Balaban J connectivity index is 1.88. The Morgan fingerprint density at radius 2 is 2.11 bits per heavy atom. The highest BCUT2D eigenvalue weighted by atomic mass is 16.2. The molecule has 1 aromatic rings. The number of carbonyl (C=O) groups excluding carboxylic acids is 1. The van der Waals surface area contributed by atoms with Crippen LogP contribution in [0.25, 0.3) is 0 Å². The maximum atomic E-state index is 11.9. The number of hydrogen-bond donors (Lipinski definition) is 2. The second-order valence-corrected chi connectivity index (χ2v) is 4.55. The molecule has 2 rings (SSSR count). The minimum Gasteiger partial charge on any atom is -0.368 e. The fourth-order valence-electron chi connectivity index (χ4n) is 2.10. The zero-order valence-corrected chi connectivity index (χ0v) is 10.6. The number of amides is 1. The molecule has 1 aromatic heterocycles. The van der Waals surface area contributed by atoms with Crippen LogP contribution in [0.15, 0.2) is 6.07 Å². The Morgan fingerprint density at radius 3 is 2.78 bits per heavy atom. The van der Waals surface area contributed by atoms with E-state index in [0.717, 1.165) is 31.6 Å². The first kappa shape index (κ1) is 12.6. The van der Waals surface area contributed by atoms with E-state index in [9.17, 15) is 4.79 Å². The number of nitrogen functional groups attached to an aromatic ring is 1. The van der Waals surface area contributed by atoms with E-state index in [0.29, 0.717) is 5.82 Å². The lowest BCUT2D eigenvalue weighted by Gasteiger charge is -2.26. The highest BCUT2D eigenvalue weighted by molar-refractivity contribution is 5.80. The summed E-state index contributed by atoms with van der Waals surface area (Å²) >= 11 is 0. The fourth-order valence-corrected chi connectivity index (χ4v) is 2.10. The van der Waals surface area contributed by atoms with E-state index in [1.807, 2.05) is 11.8 Å². The molecular formula is C12H19N5O. The van der Waals surface area contributed by atoms with E-state index < -0.39 is 0 Å². The third-order valence-corrected chi connectivity index (χ3v) is 3.00. The lowest BCUT2D eigenvalue weighted by molar-refractivity contribution is -0.130. The molecular weight excluding hydrogens is 230 g/mol. The molecule has 2 heterocycles. The maximum absolute atomic E-state index is 11.9. The Kier molecular flexibility index (Phi) is 3.96. The van der Waals surface area contributed by atoms with Gasteiger partial charge in [0.25, 0.3) is 0 Å². The standard InChI is InChI=1S/C12H19N5O/c1-9-7-10(16-12(13)15-9)14-8-11(18)17-5-3-2-4-6-17/h7H,2-6,8H2,1H3,(H3,13,14,15,16). The van der Waals surface area contributed by atoms with Crippen molar-refractivity contribution in [3.63, 3.8) is 0 Å². The largest absolute Gasteiger partial charge is 0.368 e. The van der Waals surface area contributed by atoms with E-state index in [1.165, 1.54) is 6.42 Å². The fraction of sp³-hybridized carbons (Fsp3) is 0.583. The van der Waals surface area contributed by atoms with Crippen LogP contribution >= 0.6 is 0 Å². The van der Waals surface area contributed by atoms with Gasteiger partial charge in [0.2, 0.25) is 11.9 Å². The van der Waals surface area contributed by atoms with E-state index in [1.54, 1.807) is 6.07 Å². The lowest BCUT2D eigenvalue weighted by Crippen LogP contribution is -2.39. The molecule has 0 bridgehead atoms. The molecule has 0 radical (unpaired) electrons. The molecule has 1 aliphatic heterocycles. The molecule has 18 heavy (non-hydrogen) atoms. The van der Waals surface area contributed by atoms with Gasteiger partial charge >= 0.3 is 0 Å². The minimum absolute atomic E-state index is 0.115. The van der Waals surface area contributed by atoms with Gasteiger partial charge in [-0.05, 0) is 26.2 Å². The molecule has 0 spiro atoms. The SMILES string of the molecule is Cc1cc(NCC(=O)N2CCCCC2)nc(N)n1. The third-order valence-electron chi connectivity index (χ3n) is 3.00. The van der Waals surface area contributed by atoms with Crippen LogP contribution in [0.3, 0.4) is 0 Å². The summed E-state index contributed by atoms with van der Waals surface area (Å²) in [6.45, 7) is 3.84. The Labute approximate surface area is 107 Å². The molecule has 6 heteroatoms. The Bertz CT molecular complexity index is 408. The number of anilines is 2. The van der Waals surface area contributed by atoms with Crippen molar-refractivity contribution in [2.45, 2.75) is 26.2 Å². The van der Waals surface area contributed by atoms with Crippen LogP contribution in [-0.4, -0.2) is 40.4 Å². The summed E-state index contributed by atoms with van der Waals surface area (Å²) in [5.74, 6) is 0.942. The Morgan fingerprint density at radius 1 is 1.39 bits per heavy atom. The maximum Gasteiger partial charge on any atom is 0.241 e. The van der Waals surface area contributed by atoms with E-state index in [4.69, 9.17) is 5.73 Å². The second kappa shape index (κ2) is 5.66. The molecule has 98 valence electrons. The lowest BCUT2D eigenvalue weighted by atomic mass is 10.1. The van der Waals surface area contributed by atoms with Gasteiger partial charge in [-0.15, -0.1) is 0 Å². The number of rotatable bonds is 3. The van der Waals surface area contributed by atoms with Crippen molar-refractivity contribution in [2.24, 2.45) is 0 Å². The molecule has 0 saturated carbocycles. The number of aromatic nitrogens is 2. The monoisotopic (exact) mass is 249 g/mol. The van der Waals surface area contributed by atoms with Crippen molar-refractivity contribution in [1.29, 1.82) is 0 Å². The van der Waals surface area contributed by atoms with Gasteiger partial charge in [0, 0.05) is 24.8 Å². The van der Waals surface area contributed by atoms with Gasteiger partial charge in [-0.1, -0.05) is 0 Å². The summed E-state index contributed by atoms with van der Waals surface area (Å²) in [7, 11) is 0. The molecule has 0 unspecified atom stereocenters. The zero-order chi connectivity index (χ0) is 13.0. The molecule has 3 N–H and O–H groups in total. The van der Waals surface area contributed by atoms with Crippen LogP contribution < -0.4 is 11.1 Å². The minimum atomic E-state index is 0.115. The van der Waals surface area contributed by atoms with Crippen molar-refractivity contribution in [3.8, 4) is 0 Å². The number of aryl methyl sites for hydroxylation is 1. The van der Waals surface area contributed by atoms with Gasteiger partial charge in [-0.25, -0.2) is 4.98 Å². The van der Waals surface area contributed by atoms with Crippen molar-refractivity contribution >= 4 is 17.7 Å². The molecule has 1 amide bonds. The summed E-state index contributed by atoms with van der Waals surface area (Å²) < 4.78 is 0. The summed E-state index contributed by atoms with van der Waals surface area (Å²) in [4.78, 5) is 21.8. The topological polar surface area (TPSA) is 84.1 Å². The summed E-state index contributed by atoms with van der Waals surface area (Å²) in [6.07, 6.45) is 3.43. The molecule has 0 atom stereocenters. The van der Waals surface area contributed by atoms with E-state index >= 15 is 0 Å². The highest BCUT2D eigenvalue weighted by Crippen LogP contribution is 2.10. The van der Waals surface area contributed by atoms with Crippen LogP contribution in [0.1, 0.15) is 25.0 Å². The predicted octanol–water partition coefficient (Wildman–Crippen LogP) is 0.792. The number of nitrogens with one attached hydrogen (secondary N) is 1. The van der Waals surface area contributed by atoms with Crippen LogP contribution in [0.2, 0.25) is 0 Å². The molecule has 6 nitrogen and oxygen atoms in total. The van der Waals surface area contributed by atoms with Gasteiger partial charge in [0.1, 0.15) is 5.82 Å². The van der Waals surface area contributed by atoms with Crippen molar-refractivity contribution in [2.75, 3.05) is 30.7 Å².